The van der Waals surface area contributed by atoms with Gasteiger partial charge in [-0.05, 0) is 37.1 Å². The highest BCUT2D eigenvalue weighted by Crippen LogP contribution is 2.17. The minimum Gasteiger partial charge on any atom is -0.326 e. The van der Waals surface area contributed by atoms with Crippen LogP contribution in [0.25, 0.3) is 10.9 Å². The van der Waals surface area contributed by atoms with E-state index in [0.717, 1.165) is 23.0 Å². The Balaban J connectivity index is 1.60. The monoisotopic (exact) mass is 279 g/mol. The summed E-state index contributed by atoms with van der Waals surface area (Å²) in [6, 6.07) is 14.0. The van der Waals surface area contributed by atoms with Crippen LogP contribution in [0.4, 0.5) is 5.69 Å². The highest BCUT2D eigenvalue weighted by Gasteiger charge is 2.05. The molecule has 4 nitrogen and oxygen atoms in total. The minimum atomic E-state index is 0.0235. The fourth-order valence-electron chi connectivity index (χ4n) is 2.36. The molecule has 2 N–H and O–H groups in total. The van der Waals surface area contributed by atoms with Crippen molar-refractivity contribution >= 4 is 22.5 Å². The third kappa shape index (κ3) is 3.28. The first kappa shape index (κ1) is 13.4. The molecule has 0 bridgehead atoms. The molecule has 3 aromatic rings. The van der Waals surface area contributed by atoms with Gasteiger partial charge in [0, 0.05) is 17.5 Å². The lowest BCUT2D eigenvalue weighted by molar-refractivity contribution is -0.116. The lowest BCUT2D eigenvalue weighted by Gasteiger charge is -2.06. The van der Waals surface area contributed by atoms with Crippen molar-refractivity contribution in [3.05, 3.63) is 59.8 Å². The molecule has 0 spiro atoms. The number of amides is 1. The predicted octanol–water partition coefficient (Wildman–Crippen LogP) is 3.44. The smallest absolute Gasteiger partial charge is 0.224 e. The molecule has 0 radical (unpaired) electrons. The Labute approximate surface area is 123 Å². The molecule has 0 aliphatic carbocycles. The molecular formula is C17H17N3O. The Morgan fingerprint density at radius 1 is 1.24 bits per heavy atom. The van der Waals surface area contributed by atoms with Crippen LogP contribution < -0.4 is 5.32 Å². The molecule has 0 saturated carbocycles. The number of aromatic nitrogens is 2. The lowest BCUT2D eigenvalue weighted by Crippen LogP contribution is -2.12. The molecule has 2 aromatic carbocycles. The van der Waals surface area contributed by atoms with E-state index in [-0.39, 0.29) is 5.91 Å². The highest BCUT2D eigenvalue weighted by molar-refractivity contribution is 5.93. The number of fused-ring (bicyclic) bond motifs is 1. The zero-order chi connectivity index (χ0) is 14.7. The zero-order valence-electron chi connectivity index (χ0n) is 11.9. The van der Waals surface area contributed by atoms with E-state index in [0.29, 0.717) is 6.42 Å². The number of aryl methyl sites for hydroxylation is 2. The molecule has 0 saturated heterocycles. The van der Waals surface area contributed by atoms with Crippen LogP contribution in [0.3, 0.4) is 0 Å². The van der Waals surface area contributed by atoms with Crippen LogP contribution in [0, 0.1) is 6.92 Å². The summed E-state index contributed by atoms with van der Waals surface area (Å²) in [4.78, 5) is 12.0. The second-order valence-corrected chi connectivity index (χ2v) is 5.21. The van der Waals surface area contributed by atoms with Crippen molar-refractivity contribution in [1.29, 1.82) is 0 Å². The van der Waals surface area contributed by atoms with Crippen LogP contribution in [-0.4, -0.2) is 16.1 Å². The summed E-state index contributed by atoms with van der Waals surface area (Å²) >= 11 is 0. The highest BCUT2D eigenvalue weighted by atomic mass is 16.1. The van der Waals surface area contributed by atoms with E-state index in [1.54, 1.807) is 6.20 Å². The Hall–Kier alpha value is -2.62. The normalized spacial score (nSPS) is 10.7. The van der Waals surface area contributed by atoms with Crippen molar-refractivity contribution in [1.82, 2.24) is 10.2 Å². The van der Waals surface area contributed by atoms with Gasteiger partial charge in [-0.2, -0.15) is 5.10 Å². The van der Waals surface area contributed by atoms with Crippen LogP contribution in [-0.2, 0) is 11.2 Å². The van der Waals surface area contributed by atoms with Crippen LogP contribution in [0.5, 0.6) is 0 Å². The summed E-state index contributed by atoms with van der Waals surface area (Å²) in [6.45, 7) is 2.06. The molecule has 0 aliphatic rings. The first-order valence-corrected chi connectivity index (χ1v) is 6.99. The van der Waals surface area contributed by atoms with E-state index in [1.807, 2.05) is 24.3 Å². The molecule has 4 heteroatoms. The third-order valence-electron chi connectivity index (χ3n) is 3.45. The number of benzene rings is 2. The van der Waals surface area contributed by atoms with E-state index in [9.17, 15) is 4.79 Å². The van der Waals surface area contributed by atoms with Gasteiger partial charge in [0.25, 0.3) is 0 Å². The average molecular weight is 279 g/mol. The lowest BCUT2D eigenvalue weighted by atomic mass is 10.1. The summed E-state index contributed by atoms with van der Waals surface area (Å²) in [6.07, 6.45) is 2.99. The first-order valence-electron chi connectivity index (χ1n) is 6.99. The van der Waals surface area contributed by atoms with Gasteiger partial charge in [0.1, 0.15) is 0 Å². The Morgan fingerprint density at radius 2 is 2.14 bits per heavy atom. The minimum absolute atomic E-state index is 0.0235. The molecule has 1 amide bonds. The Kier molecular flexibility index (Phi) is 3.69. The largest absolute Gasteiger partial charge is 0.326 e. The number of carbonyl (C=O) groups excluding carboxylic acids is 1. The molecule has 3 rings (SSSR count). The Morgan fingerprint density at radius 3 is 3.00 bits per heavy atom. The van der Waals surface area contributed by atoms with Crippen LogP contribution in [0.1, 0.15) is 17.5 Å². The van der Waals surface area contributed by atoms with Gasteiger partial charge < -0.3 is 5.32 Å². The average Bonchev–Trinajstić information content (AvgIpc) is 2.93. The fourth-order valence-corrected chi connectivity index (χ4v) is 2.36. The quantitative estimate of drug-likeness (QED) is 0.768. The van der Waals surface area contributed by atoms with Gasteiger partial charge in [-0.3, -0.25) is 9.89 Å². The fraction of sp³-hybridized carbons (Fsp3) is 0.176. The number of aromatic amines is 1. The maximum atomic E-state index is 12.0. The van der Waals surface area contributed by atoms with Crippen molar-refractivity contribution in [2.45, 2.75) is 19.8 Å². The van der Waals surface area contributed by atoms with Crippen molar-refractivity contribution in [3.63, 3.8) is 0 Å². The van der Waals surface area contributed by atoms with E-state index < -0.39 is 0 Å². The Bertz CT molecular complexity index is 776. The van der Waals surface area contributed by atoms with Crippen molar-refractivity contribution in [2.75, 3.05) is 5.32 Å². The molecule has 1 aromatic heterocycles. The number of hydrogen-bond acceptors (Lipinski definition) is 2. The van der Waals surface area contributed by atoms with Gasteiger partial charge in [-0.15, -0.1) is 0 Å². The van der Waals surface area contributed by atoms with Gasteiger partial charge >= 0.3 is 0 Å². The predicted molar refractivity (Wildman–Crippen MR) is 84.2 cm³/mol. The number of hydrogen-bond donors (Lipinski definition) is 2. The summed E-state index contributed by atoms with van der Waals surface area (Å²) < 4.78 is 0. The van der Waals surface area contributed by atoms with E-state index in [1.165, 1.54) is 11.1 Å². The number of carbonyl (C=O) groups is 1. The SMILES string of the molecule is Cc1cccc(CCC(=O)Nc2ccc3cn[nH]c3c2)c1. The van der Waals surface area contributed by atoms with E-state index in [2.05, 4.69) is 40.6 Å². The molecule has 21 heavy (non-hydrogen) atoms. The van der Waals surface area contributed by atoms with E-state index in [4.69, 9.17) is 0 Å². The van der Waals surface area contributed by atoms with Gasteiger partial charge in [-0.1, -0.05) is 29.8 Å². The van der Waals surface area contributed by atoms with Crippen LogP contribution in [0.15, 0.2) is 48.7 Å². The van der Waals surface area contributed by atoms with Crippen molar-refractivity contribution in [3.8, 4) is 0 Å². The number of H-pyrrole nitrogens is 1. The molecular weight excluding hydrogens is 262 g/mol. The molecule has 0 fully saturated rings. The second kappa shape index (κ2) is 5.79. The zero-order valence-corrected chi connectivity index (χ0v) is 11.9. The second-order valence-electron chi connectivity index (χ2n) is 5.21. The number of nitrogens with one attached hydrogen (secondary N) is 2. The van der Waals surface area contributed by atoms with Gasteiger partial charge in [0.05, 0.1) is 11.7 Å². The number of anilines is 1. The molecule has 1 heterocycles. The number of nitrogens with zero attached hydrogens (tertiary/aromatic N) is 1. The maximum absolute atomic E-state index is 12.0. The van der Waals surface area contributed by atoms with Crippen molar-refractivity contribution in [2.24, 2.45) is 0 Å². The van der Waals surface area contributed by atoms with E-state index >= 15 is 0 Å². The third-order valence-corrected chi connectivity index (χ3v) is 3.45. The maximum Gasteiger partial charge on any atom is 0.224 e. The molecule has 0 unspecified atom stereocenters. The van der Waals surface area contributed by atoms with Gasteiger partial charge in [-0.25, -0.2) is 0 Å². The topological polar surface area (TPSA) is 57.8 Å². The summed E-state index contributed by atoms with van der Waals surface area (Å²) in [7, 11) is 0. The molecule has 0 atom stereocenters. The summed E-state index contributed by atoms with van der Waals surface area (Å²) in [5, 5.41) is 10.8. The van der Waals surface area contributed by atoms with Crippen molar-refractivity contribution < 1.29 is 4.79 Å². The molecule has 0 aliphatic heterocycles. The summed E-state index contributed by atoms with van der Waals surface area (Å²) in [5.74, 6) is 0.0235. The molecule has 106 valence electrons. The van der Waals surface area contributed by atoms with Crippen LogP contribution >= 0.6 is 0 Å². The van der Waals surface area contributed by atoms with Crippen LogP contribution in [0.2, 0.25) is 0 Å². The number of rotatable bonds is 4. The summed E-state index contributed by atoms with van der Waals surface area (Å²) in [5.41, 5.74) is 4.12. The van der Waals surface area contributed by atoms with Gasteiger partial charge in [0.15, 0.2) is 0 Å². The standard InChI is InChI=1S/C17H17N3O/c1-12-3-2-4-13(9-12)5-8-17(21)19-15-7-6-14-11-18-20-16(14)10-15/h2-4,6-7,9-11H,5,8H2,1H3,(H,18,20)(H,19,21). The van der Waals surface area contributed by atoms with Gasteiger partial charge in [0.2, 0.25) is 5.91 Å². The first-order chi connectivity index (χ1) is 10.2.